The molecule has 1 amide bonds. The molecule has 4 aromatic rings. The smallest absolute Gasteiger partial charge is 0.277 e. The molecule has 2 aromatic carbocycles. The molecule has 0 fully saturated rings. The number of amides is 1. The quantitative estimate of drug-likeness (QED) is 0.298. The molecule has 1 atom stereocenters. The van der Waals surface area contributed by atoms with Gasteiger partial charge in [0.05, 0.1) is 0 Å². The first-order valence-electron chi connectivity index (χ1n) is 9.68. The Morgan fingerprint density at radius 2 is 1.90 bits per heavy atom. The van der Waals surface area contributed by atoms with E-state index >= 15 is 0 Å². The van der Waals surface area contributed by atoms with E-state index in [9.17, 15) is 9.35 Å². The molecule has 2 aromatic heterocycles. The number of nitrogens with zero attached hydrogens (tertiary/aromatic N) is 2. The van der Waals surface area contributed by atoms with Crippen LogP contribution >= 0.6 is 0 Å². The summed E-state index contributed by atoms with van der Waals surface area (Å²) in [5.41, 5.74) is 5.39. The number of hydrogen-bond acceptors (Lipinski definition) is 4. The van der Waals surface area contributed by atoms with Crippen molar-refractivity contribution in [1.82, 2.24) is 14.3 Å². The Bertz CT molecular complexity index is 1270. The van der Waals surface area contributed by atoms with Crippen molar-refractivity contribution < 1.29 is 9.35 Å². The summed E-state index contributed by atoms with van der Waals surface area (Å²) in [7, 11) is 3.70. The molecule has 0 saturated heterocycles. The number of hydrogen-bond donors (Lipinski definition) is 3. The van der Waals surface area contributed by atoms with Gasteiger partial charge in [0, 0.05) is 54.8 Å². The number of nitrogens with one attached hydrogen (secondary N) is 2. The molecular formula is C24H23N4O2S+. The lowest BCUT2D eigenvalue weighted by Gasteiger charge is -2.08. The van der Waals surface area contributed by atoms with Crippen LogP contribution in [0.3, 0.4) is 0 Å². The Morgan fingerprint density at radius 1 is 1.13 bits per heavy atom. The van der Waals surface area contributed by atoms with Gasteiger partial charge in [-0.05, 0) is 41.5 Å². The van der Waals surface area contributed by atoms with Gasteiger partial charge in [-0.25, -0.2) is 4.98 Å². The highest BCUT2D eigenvalue weighted by Crippen LogP contribution is 2.32. The molecule has 0 aliphatic rings. The maximum Gasteiger partial charge on any atom is 0.277 e. The van der Waals surface area contributed by atoms with Crippen molar-refractivity contribution >= 4 is 34.0 Å². The second-order valence-electron chi connectivity index (χ2n) is 7.20. The molecular weight excluding hydrogens is 408 g/mol. The molecule has 4 rings (SSSR count). The topological polar surface area (TPSA) is 81.2 Å². The summed E-state index contributed by atoms with van der Waals surface area (Å²) in [5.74, 6) is -0.251. The lowest BCUT2D eigenvalue weighted by Crippen LogP contribution is -2.21. The third-order valence-electron chi connectivity index (χ3n) is 4.88. The third-order valence-corrected chi connectivity index (χ3v) is 6.25. The van der Waals surface area contributed by atoms with E-state index in [1.54, 1.807) is 4.31 Å². The number of pyridine rings is 1. The van der Waals surface area contributed by atoms with Crippen LogP contribution in [0.15, 0.2) is 84.5 Å². The Labute approximate surface area is 183 Å². The van der Waals surface area contributed by atoms with E-state index in [0.717, 1.165) is 38.2 Å². The molecule has 0 aliphatic heterocycles. The highest BCUT2D eigenvalue weighted by atomic mass is 32.2. The Balaban J connectivity index is 1.74. The fraction of sp³-hybridized carbons (Fsp3) is 0.0833. The summed E-state index contributed by atoms with van der Waals surface area (Å²) in [6.45, 7) is 3.49. The Morgan fingerprint density at radius 3 is 2.68 bits per heavy atom. The molecule has 1 unspecified atom stereocenters. The number of aromatic nitrogens is 2. The maximum atomic E-state index is 11.6. The highest BCUT2D eigenvalue weighted by Gasteiger charge is 2.24. The van der Waals surface area contributed by atoms with Crippen molar-refractivity contribution in [2.24, 2.45) is 0 Å². The van der Waals surface area contributed by atoms with Gasteiger partial charge < -0.3 is 10.3 Å². The first kappa shape index (κ1) is 20.9. The van der Waals surface area contributed by atoms with Crippen molar-refractivity contribution in [2.75, 3.05) is 19.4 Å². The first-order chi connectivity index (χ1) is 15.0. The molecule has 156 valence electrons. The molecule has 31 heavy (non-hydrogen) atoms. The van der Waals surface area contributed by atoms with Gasteiger partial charge >= 0.3 is 0 Å². The molecule has 2 heterocycles. The molecule has 6 nitrogen and oxygen atoms in total. The zero-order valence-electron chi connectivity index (χ0n) is 17.3. The number of fused-ring (bicyclic) bond motifs is 1. The fourth-order valence-electron chi connectivity index (χ4n) is 3.36. The minimum atomic E-state index is -0.967. The van der Waals surface area contributed by atoms with Crippen LogP contribution in [0.5, 0.6) is 0 Å². The Hall–Kier alpha value is -3.39. The second-order valence-corrected chi connectivity index (χ2v) is 8.93. The minimum absolute atomic E-state index is 0.251. The van der Waals surface area contributed by atoms with Crippen molar-refractivity contribution in [3.8, 4) is 22.3 Å². The van der Waals surface area contributed by atoms with Crippen LogP contribution in [0.4, 0.5) is 5.69 Å². The van der Waals surface area contributed by atoms with Gasteiger partial charge in [-0.2, -0.15) is 4.55 Å². The van der Waals surface area contributed by atoms with E-state index in [2.05, 4.69) is 27.9 Å². The van der Waals surface area contributed by atoms with E-state index in [0.29, 0.717) is 5.69 Å². The zero-order valence-corrected chi connectivity index (χ0v) is 18.1. The summed E-state index contributed by atoms with van der Waals surface area (Å²) in [5, 5.41) is 3.77. The number of rotatable bonds is 6. The number of anilines is 1. The monoisotopic (exact) mass is 431 g/mol. The first-order valence-corrected chi connectivity index (χ1v) is 10.8. The van der Waals surface area contributed by atoms with Crippen molar-refractivity contribution in [2.45, 2.75) is 4.90 Å². The largest absolute Gasteiger partial charge is 0.346 e. The third kappa shape index (κ3) is 4.39. The summed E-state index contributed by atoms with van der Waals surface area (Å²) in [6, 6.07) is 17.6. The van der Waals surface area contributed by atoms with E-state index in [4.69, 9.17) is 0 Å². The predicted molar refractivity (Wildman–Crippen MR) is 128 cm³/mol. The molecule has 0 radical (unpaired) electrons. The van der Waals surface area contributed by atoms with Crippen LogP contribution in [0.2, 0.25) is 0 Å². The predicted octanol–water partition coefficient (Wildman–Crippen LogP) is 4.95. The second kappa shape index (κ2) is 8.77. The summed E-state index contributed by atoms with van der Waals surface area (Å²) in [4.78, 5) is 20.3. The normalized spacial score (nSPS) is 12.1. The van der Waals surface area contributed by atoms with Crippen LogP contribution in [0.25, 0.3) is 33.3 Å². The molecule has 3 N–H and O–H groups in total. The molecule has 0 aliphatic carbocycles. The summed E-state index contributed by atoms with van der Waals surface area (Å²) >= 11 is -0.967. The zero-order chi connectivity index (χ0) is 22.0. The van der Waals surface area contributed by atoms with Crippen molar-refractivity contribution in [3.05, 3.63) is 79.6 Å². The number of aromatic amines is 1. The SMILES string of the molecule is C=CC(=O)Nc1cccc(-c2cnc3[nH]cc(-c4cccc([S+](O)N(C)C)c4)c3c2)c1. The van der Waals surface area contributed by atoms with Crippen LogP contribution in [-0.4, -0.2) is 38.8 Å². The number of carbonyl (C=O) groups excluding carboxylic acids is 1. The Kier molecular flexibility index (Phi) is 5.90. The van der Waals surface area contributed by atoms with Gasteiger partial charge in [-0.3, -0.25) is 4.79 Å². The lowest BCUT2D eigenvalue weighted by molar-refractivity contribution is -0.111. The average molecular weight is 432 g/mol. The number of benzene rings is 2. The standard InChI is InChI=1S/C24H22N4O2S/c1-4-23(29)27-19-9-5-7-16(11-19)18-13-21-22(15-26-24(21)25-14-18)17-8-6-10-20(12-17)31(30)28(2)3/h4-15,30H,1H2,2-3H3,(H-,25,26,27,29)/p+1. The fourth-order valence-corrected chi connectivity index (χ4v) is 4.21. The molecule has 0 spiro atoms. The van der Waals surface area contributed by atoms with Gasteiger partial charge in [0.2, 0.25) is 10.8 Å². The van der Waals surface area contributed by atoms with Crippen LogP contribution in [0.1, 0.15) is 0 Å². The van der Waals surface area contributed by atoms with Gasteiger partial charge in [0.15, 0.2) is 0 Å². The number of H-pyrrole nitrogens is 1. The minimum Gasteiger partial charge on any atom is -0.346 e. The van der Waals surface area contributed by atoms with Crippen LogP contribution < -0.4 is 5.32 Å². The maximum absolute atomic E-state index is 11.6. The van der Waals surface area contributed by atoms with Gasteiger partial charge in [0.25, 0.3) is 11.4 Å². The van der Waals surface area contributed by atoms with E-state index in [-0.39, 0.29) is 5.91 Å². The number of carbonyl (C=O) groups is 1. The van der Waals surface area contributed by atoms with Crippen LogP contribution in [0, 0.1) is 0 Å². The lowest BCUT2D eigenvalue weighted by atomic mass is 10.0. The molecule has 7 heteroatoms. The summed E-state index contributed by atoms with van der Waals surface area (Å²) < 4.78 is 12.2. The average Bonchev–Trinajstić information content (AvgIpc) is 3.22. The van der Waals surface area contributed by atoms with E-state index in [1.807, 2.05) is 75.0 Å². The molecule has 0 bridgehead atoms. The van der Waals surface area contributed by atoms with E-state index in [1.165, 1.54) is 6.08 Å². The molecule has 0 saturated carbocycles. The van der Waals surface area contributed by atoms with Gasteiger partial charge in [0.1, 0.15) is 5.65 Å². The van der Waals surface area contributed by atoms with Gasteiger partial charge in [-0.1, -0.05) is 35.1 Å². The van der Waals surface area contributed by atoms with E-state index < -0.39 is 11.4 Å². The van der Waals surface area contributed by atoms with Crippen molar-refractivity contribution in [3.63, 3.8) is 0 Å². The van der Waals surface area contributed by atoms with Gasteiger partial charge in [-0.15, -0.1) is 0 Å². The van der Waals surface area contributed by atoms with Crippen molar-refractivity contribution in [1.29, 1.82) is 0 Å². The van der Waals surface area contributed by atoms with Crippen LogP contribution in [-0.2, 0) is 16.2 Å². The highest BCUT2D eigenvalue weighted by molar-refractivity contribution is 7.89. The summed E-state index contributed by atoms with van der Waals surface area (Å²) in [6.07, 6.45) is 4.99.